The van der Waals surface area contributed by atoms with Gasteiger partial charge in [-0.05, 0) is 121 Å². The van der Waals surface area contributed by atoms with Crippen molar-refractivity contribution < 1.29 is 36.3 Å². The number of piperazine rings is 1. The van der Waals surface area contributed by atoms with E-state index in [0.717, 1.165) is 95.7 Å². The fraction of sp³-hybridized carbons (Fsp3) is 0.525. The van der Waals surface area contributed by atoms with E-state index in [9.17, 15) is 31.5 Å². The van der Waals surface area contributed by atoms with Crippen LogP contribution in [-0.4, -0.2) is 137 Å². The Morgan fingerprint density at radius 2 is 1.74 bits per heavy atom. The molecule has 6 aromatic heterocycles. The maximum Gasteiger partial charge on any atom is 0.417 e. The molecule has 6 atom stereocenters. The van der Waals surface area contributed by atoms with E-state index in [2.05, 4.69) is 93.9 Å². The number of hydrogen-bond donors (Lipinski definition) is 2. The molecule has 5 fully saturated rings. The summed E-state index contributed by atoms with van der Waals surface area (Å²) < 4.78 is 80.2. The van der Waals surface area contributed by atoms with E-state index in [1.807, 2.05) is 69.5 Å². The number of amides is 2. The van der Waals surface area contributed by atoms with Crippen LogP contribution in [0.25, 0.3) is 52.9 Å². The molecular weight excluding hydrogens is 1290 g/mol. The van der Waals surface area contributed by atoms with Gasteiger partial charge in [-0.3, -0.25) is 14.6 Å². The van der Waals surface area contributed by atoms with E-state index < -0.39 is 41.1 Å². The number of nitrogens with zero attached hydrogens (tertiary/aromatic N) is 12. The Bertz CT molecular complexity index is 3900. The fourth-order valence-corrected chi connectivity index (χ4v) is 17.9. The highest BCUT2D eigenvalue weighted by molar-refractivity contribution is 14.2. The van der Waals surface area contributed by atoms with Crippen molar-refractivity contribution in [2.75, 3.05) is 51.8 Å². The lowest BCUT2D eigenvalue weighted by Crippen LogP contribution is -2.51. The molecule has 3 saturated heterocycles. The quantitative estimate of drug-likeness (QED) is 0.0564. The Kier molecular flexibility index (Phi) is 16.5. The summed E-state index contributed by atoms with van der Waals surface area (Å²) >= 11 is 5.11. The van der Waals surface area contributed by atoms with Crippen LogP contribution >= 0.6 is 51.1 Å². The molecule has 3 aliphatic heterocycles. The van der Waals surface area contributed by atoms with Gasteiger partial charge in [0.1, 0.15) is 22.7 Å². The van der Waals surface area contributed by atoms with Crippen LogP contribution in [0.2, 0.25) is 0 Å². The number of carbonyl (C=O) groups excluding carboxylic acids is 2. The number of benzene rings is 2. The topological polar surface area (TPSA) is 177 Å². The Morgan fingerprint density at radius 1 is 1.01 bits per heavy atom. The molecule has 2 aromatic carbocycles. The molecule has 2 N–H and O–H groups in total. The highest BCUT2D eigenvalue weighted by Gasteiger charge is 2.58. The minimum absolute atomic E-state index is 0.00449. The van der Waals surface area contributed by atoms with Gasteiger partial charge in [-0.2, -0.15) is 28.2 Å². The Morgan fingerprint density at radius 3 is 2.38 bits per heavy atom. The van der Waals surface area contributed by atoms with Crippen LogP contribution in [0.15, 0.2) is 60.5 Å². The molecule has 5 aliphatic rings. The molecule has 0 spiro atoms. The molecule has 87 heavy (non-hydrogen) atoms. The average molecular weight is 1370 g/mol. The number of thiazole rings is 1. The van der Waals surface area contributed by atoms with Gasteiger partial charge in [0.05, 0.1) is 68.3 Å². The summed E-state index contributed by atoms with van der Waals surface area (Å²) in [6, 6.07) is 11.4. The number of anilines is 1. The van der Waals surface area contributed by atoms with Crippen molar-refractivity contribution in [1.29, 1.82) is 0 Å². The van der Waals surface area contributed by atoms with E-state index in [4.69, 9.17) is 9.72 Å². The van der Waals surface area contributed by atoms with Crippen molar-refractivity contribution in [3.8, 4) is 27.7 Å². The van der Waals surface area contributed by atoms with Gasteiger partial charge in [-0.15, -0.1) is 27.8 Å². The van der Waals surface area contributed by atoms with Crippen molar-refractivity contribution in [2.24, 2.45) is 16.7 Å². The molecule has 6 unspecified atom stereocenters. The number of halogens is 6. The number of alkyl halides is 5. The number of rotatable bonds is 15. The van der Waals surface area contributed by atoms with Gasteiger partial charge in [-0.25, -0.2) is 22.9 Å². The Labute approximate surface area is 524 Å². The van der Waals surface area contributed by atoms with Crippen molar-refractivity contribution in [3.63, 3.8) is 0 Å². The number of thiophene rings is 1. The molecule has 9 heterocycles. The van der Waals surface area contributed by atoms with Crippen LogP contribution < -0.4 is 20.3 Å². The molecule has 13 rings (SSSR count). The lowest BCUT2D eigenvalue weighted by atomic mass is 9.53. The molecule has 8 aromatic rings. The van der Waals surface area contributed by atoms with Gasteiger partial charge in [0.2, 0.25) is 11.8 Å². The number of aryl methyl sites for hydroxylation is 2. The zero-order chi connectivity index (χ0) is 61.7. The minimum Gasteiger partial charge on any atom is -0.467 e. The monoisotopic (exact) mass is 1360 g/mol. The maximum absolute atomic E-state index is 14.6. The van der Waals surface area contributed by atoms with Crippen LogP contribution in [0.4, 0.5) is 27.8 Å². The van der Waals surface area contributed by atoms with E-state index >= 15 is 0 Å². The first-order chi connectivity index (χ1) is 41.2. The first-order valence-electron chi connectivity index (χ1n) is 29.4. The van der Waals surface area contributed by atoms with Gasteiger partial charge < -0.3 is 30.1 Å². The zero-order valence-corrected chi connectivity index (χ0v) is 54.8. The van der Waals surface area contributed by atoms with E-state index in [1.54, 1.807) is 37.6 Å². The first kappa shape index (κ1) is 61.6. The fourth-order valence-electron chi connectivity index (χ4n) is 14.4. The second-order valence-corrected chi connectivity index (χ2v) is 30.1. The second-order valence-electron chi connectivity index (χ2n) is 26.2. The largest absolute Gasteiger partial charge is 0.467 e. The summed E-state index contributed by atoms with van der Waals surface area (Å²) in [5.74, 6) is -2.54. The number of nitrogens with one attached hydrogen (secondary N) is 2. The molecule has 26 heteroatoms. The predicted octanol–water partition coefficient (Wildman–Crippen LogP) is 12.6. The van der Waals surface area contributed by atoms with Gasteiger partial charge in [0.25, 0.3) is 5.92 Å². The number of carbonyl (C=O) groups is 2. The van der Waals surface area contributed by atoms with Gasteiger partial charge in [-0.1, -0.05) is 64.1 Å². The van der Waals surface area contributed by atoms with Gasteiger partial charge in [0.15, 0.2) is 0 Å². The lowest BCUT2D eigenvalue weighted by molar-refractivity contribution is -0.144. The van der Waals surface area contributed by atoms with Crippen LogP contribution in [0, 0.1) is 30.6 Å². The number of pyridine rings is 1. The summed E-state index contributed by atoms with van der Waals surface area (Å²) in [6.45, 7) is 17.6. The van der Waals surface area contributed by atoms with E-state index in [0.29, 0.717) is 58.6 Å². The molecule has 2 bridgehead atoms. The summed E-state index contributed by atoms with van der Waals surface area (Å²) in [5, 5.41) is 22.2. The highest BCUT2D eigenvalue weighted by atomic mass is 127. The first-order valence-corrected chi connectivity index (χ1v) is 35.2. The van der Waals surface area contributed by atoms with Crippen LogP contribution in [0.3, 0.4) is 0 Å². The number of fused-ring (bicyclic) bond motifs is 6. The van der Waals surface area contributed by atoms with Crippen LogP contribution in [0.5, 0.6) is 6.01 Å². The average Bonchev–Trinajstić information content (AvgIpc) is 2.22. The zero-order valence-electron chi connectivity index (χ0n) is 50.0. The Hall–Kier alpha value is -5.60. The summed E-state index contributed by atoms with van der Waals surface area (Å²) in [4.78, 5) is 53.8. The number of methoxy groups -OCH3 is 1. The number of ether oxygens (including phenoxy) is 1. The molecule has 0 radical (unpaired) electrons. The number of likely N-dealkylation sites (tertiary alicyclic amines) is 1. The standard InChI is InChI=1S/C36H49F2N7O2S.C25H22F3IN7OPS/c1-23-29(48-22-40-23)25-12-10-24(11-13-25)16-39-31(46)27-9-8-14-44(27)32(47)30(33(2,3)4)45-18-28(41-42-45)35(6)19-34(5,20-35)21-43(7)17-26-15-36(26,37)38;1-11-7-16-15(8-31-36(16)38-29)17(19(11)25(26,27)28)20-21-14(5-6-30-20)18-22(33-24(37-2)34-23(18)39-21)35-9-12-3-4-13(10-35)32-12/h10-13,18,22,26-27,30H,8-9,14-17,19-21H2,1-7H3,(H,39,46);5-8,12-13,32,38H,3-4,9-10H2,1-2H3. The van der Waals surface area contributed by atoms with Crippen molar-refractivity contribution in [2.45, 2.75) is 142 Å². The molecule has 2 aliphatic carbocycles. The number of aromatic nitrogens is 9. The predicted molar refractivity (Wildman–Crippen MR) is 340 cm³/mol. The third-order valence-corrected chi connectivity index (χ3v) is 22.0. The smallest absolute Gasteiger partial charge is 0.417 e. The molecular formula is C61H71F5IN14O3PS2. The molecule has 17 nitrogen and oxygen atoms in total. The molecule has 2 saturated carbocycles. The Balaban J connectivity index is 0.000000173. The minimum atomic E-state index is -4.57. The summed E-state index contributed by atoms with van der Waals surface area (Å²) in [7, 11) is 3.46. The third-order valence-electron chi connectivity index (χ3n) is 18.1. The van der Waals surface area contributed by atoms with Gasteiger partial charge >= 0.3 is 12.2 Å². The van der Waals surface area contributed by atoms with E-state index in [-0.39, 0.29) is 58.3 Å². The molecule has 462 valence electrons. The van der Waals surface area contributed by atoms with Crippen LogP contribution in [-0.2, 0) is 27.7 Å². The lowest BCUT2D eigenvalue weighted by Gasteiger charge is -2.53. The van der Waals surface area contributed by atoms with Crippen molar-refractivity contribution in [3.05, 3.63) is 88.6 Å². The summed E-state index contributed by atoms with van der Waals surface area (Å²) in [5.41, 5.74) is 5.52. The normalized spacial score (nSPS) is 23.9. The van der Waals surface area contributed by atoms with Gasteiger partial charge in [0, 0.05) is 97.8 Å². The van der Waals surface area contributed by atoms with Crippen molar-refractivity contribution in [1.82, 2.24) is 64.9 Å². The molecule has 2 amide bonds. The van der Waals surface area contributed by atoms with Crippen LogP contribution in [0.1, 0.15) is 114 Å². The second kappa shape index (κ2) is 23.3. The highest BCUT2D eigenvalue weighted by Crippen LogP contribution is 2.56. The summed E-state index contributed by atoms with van der Waals surface area (Å²) in [6.07, 6.45) is 6.00. The SMILES string of the molecule is COc1nc(N2CC3CCC(C2)N3)c2c(n1)sc1c(-c3c(C(F)(F)F)c(C)cc4c3cnn4PI)nccc12.Cc1ncsc1-c1ccc(CNC(=O)C2CCCN2C(=O)C(n2cc(C3(C)CC(C)(CN(C)CC4CC4(F)F)C3)nn2)C(C)(C)C)cc1. The number of hydrogen-bond acceptors (Lipinski definition) is 15. The third kappa shape index (κ3) is 12.1. The van der Waals surface area contributed by atoms with Crippen molar-refractivity contribution >= 4 is 99.9 Å². The maximum atomic E-state index is 14.6. The van der Waals surface area contributed by atoms with E-state index in [1.165, 1.54) is 31.6 Å².